The molecule has 8 heteroatoms. The number of phenols is 1. The Kier molecular flexibility index (Phi) is 3.18. The van der Waals surface area contributed by atoms with Crippen LogP contribution in [0.2, 0.25) is 5.28 Å². The topological polar surface area (TPSA) is 99.1 Å². The zero-order chi connectivity index (χ0) is 13.9. The summed E-state index contributed by atoms with van der Waals surface area (Å²) >= 11 is 5.80. The molecule has 0 saturated heterocycles. The summed E-state index contributed by atoms with van der Waals surface area (Å²) in [5, 5.41) is 13.3. The number of benzene rings is 1. The summed E-state index contributed by atoms with van der Waals surface area (Å²) in [7, 11) is 0. The monoisotopic (exact) mass is 288 g/mol. The van der Waals surface area contributed by atoms with Crippen molar-refractivity contribution in [3.8, 4) is 5.75 Å². The lowest BCUT2D eigenvalue weighted by Crippen LogP contribution is -1.97. The second-order valence-electron chi connectivity index (χ2n) is 3.90. The molecule has 0 spiro atoms. The number of phenolic OH excluding ortho intramolecular Hbond substituents is 1. The average Bonchev–Trinajstić information content (AvgIpc) is 2.89. The van der Waals surface area contributed by atoms with E-state index in [1.165, 1.54) is 6.33 Å². The molecule has 0 aliphatic rings. The third kappa shape index (κ3) is 2.52. The molecule has 0 atom stereocenters. The maximum absolute atomic E-state index is 9.18. The van der Waals surface area contributed by atoms with Crippen molar-refractivity contribution in [3.05, 3.63) is 41.4 Å². The molecule has 2 aromatic heterocycles. The van der Waals surface area contributed by atoms with E-state index < -0.39 is 0 Å². The Morgan fingerprint density at radius 2 is 2.05 bits per heavy atom. The molecule has 20 heavy (non-hydrogen) atoms. The van der Waals surface area contributed by atoms with Crippen LogP contribution >= 0.6 is 11.6 Å². The standard InChI is InChI=1S/C12H9ClN6O/c13-12-17-10-9(14-6-15-10)11(18-12)19-16-5-7-1-3-8(20)4-2-7/h1-6,20H,(H2,14,15,17,18,19)/b16-5+. The van der Waals surface area contributed by atoms with Gasteiger partial charge < -0.3 is 10.1 Å². The molecule has 1 aromatic carbocycles. The molecule has 0 radical (unpaired) electrons. The van der Waals surface area contributed by atoms with Gasteiger partial charge in [0.1, 0.15) is 11.3 Å². The second kappa shape index (κ2) is 5.14. The number of hydrogen-bond acceptors (Lipinski definition) is 6. The van der Waals surface area contributed by atoms with E-state index in [1.54, 1.807) is 30.5 Å². The normalized spacial score (nSPS) is 11.2. The van der Waals surface area contributed by atoms with Gasteiger partial charge in [-0.1, -0.05) is 0 Å². The first-order valence-corrected chi connectivity index (χ1v) is 6.05. The lowest BCUT2D eigenvalue weighted by molar-refractivity contribution is 0.475. The highest BCUT2D eigenvalue weighted by molar-refractivity contribution is 6.28. The molecule has 3 N–H and O–H groups in total. The average molecular weight is 289 g/mol. The van der Waals surface area contributed by atoms with Crippen LogP contribution in [-0.4, -0.2) is 31.3 Å². The Morgan fingerprint density at radius 3 is 2.85 bits per heavy atom. The van der Waals surface area contributed by atoms with Gasteiger partial charge in [0, 0.05) is 0 Å². The smallest absolute Gasteiger partial charge is 0.226 e. The summed E-state index contributed by atoms with van der Waals surface area (Å²) in [6, 6.07) is 6.63. The van der Waals surface area contributed by atoms with Crippen LogP contribution in [0.3, 0.4) is 0 Å². The first-order chi connectivity index (χ1) is 9.72. The molecule has 7 nitrogen and oxygen atoms in total. The van der Waals surface area contributed by atoms with Gasteiger partial charge in [-0.25, -0.2) is 4.98 Å². The van der Waals surface area contributed by atoms with Crippen LogP contribution in [0.1, 0.15) is 5.56 Å². The Labute approximate surface area is 118 Å². The minimum Gasteiger partial charge on any atom is -0.508 e. The van der Waals surface area contributed by atoms with Gasteiger partial charge in [0.15, 0.2) is 11.5 Å². The number of hydrogen-bond donors (Lipinski definition) is 3. The molecule has 0 saturated carbocycles. The fourth-order valence-corrected chi connectivity index (χ4v) is 1.78. The van der Waals surface area contributed by atoms with Gasteiger partial charge in [-0.15, -0.1) is 0 Å². The number of aromatic nitrogens is 4. The van der Waals surface area contributed by atoms with Crippen LogP contribution in [0.25, 0.3) is 11.2 Å². The number of nitrogens with zero attached hydrogens (tertiary/aromatic N) is 4. The predicted octanol–water partition coefficient (Wildman–Crippen LogP) is 2.16. The van der Waals surface area contributed by atoms with Gasteiger partial charge >= 0.3 is 0 Å². The van der Waals surface area contributed by atoms with Crippen LogP contribution in [0, 0.1) is 0 Å². The highest BCUT2D eigenvalue weighted by Crippen LogP contribution is 2.18. The highest BCUT2D eigenvalue weighted by atomic mass is 35.5. The van der Waals surface area contributed by atoms with Crippen molar-refractivity contribution in [2.24, 2.45) is 5.10 Å². The van der Waals surface area contributed by atoms with E-state index in [0.29, 0.717) is 17.0 Å². The lowest BCUT2D eigenvalue weighted by atomic mass is 10.2. The van der Waals surface area contributed by atoms with Crippen molar-refractivity contribution >= 4 is 34.8 Å². The van der Waals surface area contributed by atoms with Gasteiger partial charge in [0.05, 0.1) is 12.5 Å². The molecular weight excluding hydrogens is 280 g/mol. The van der Waals surface area contributed by atoms with Crippen molar-refractivity contribution in [1.29, 1.82) is 0 Å². The minimum atomic E-state index is 0.0898. The van der Waals surface area contributed by atoms with Crippen LogP contribution in [0.15, 0.2) is 35.7 Å². The predicted molar refractivity (Wildman–Crippen MR) is 76.0 cm³/mol. The van der Waals surface area contributed by atoms with Crippen molar-refractivity contribution in [3.63, 3.8) is 0 Å². The number of hydrazone groups is 1. The van der Waals surface area contributed by atoms with Gasteiger partial charge in [-0.2, -0.15) is 15.1 Å². The number of halogens is 1. The number of imidazole rings is 1. The lowest BCUT2D eigenvalue weighted by Gasteiger charge is -2.00. The first kappa shape index (κ1) is 12.4. The molecule has 3 rings (SSSR count). The Morgan fingerprint density at radius 1 is 1.25 bits per heavy atom. The van der Waals surface area contributed by atoms with E-state index in [2.05, 4.69) is 30.5 Å². The maximum atomic E-state index is 9.18. The van der Waals surface area contributed by atoms with E-state index in [4.69, 9.17) is 11.6 Å². The fourth-order valence-electron chi connectivity index (χ4n) is 1.62. The second-order valence-corrected chi connectivity index (χ2v) is 4.24. The third-order valence-electron chi connectivity index (χ3n) is 2.54. The van der Waals surface area contributed by atoms with E-state index in [-0.39, 0.29) is 11.0 Å². The van der Waals surface area contributed by atoms with Crippen molar-refractivity contribution in [2.45, 2.75) is 0 Å². The minimum absolute atomic E-state index is 0.0898. The molecule has 0 fully saturated rings. The van der Waals surface area contributed by atoms with Crippen LogP contribution in [-0.2, 0) is 0 Å². The van der Waals surface area contributed by atoms with Crippen molar-refractivity contribution < 1.29 is 5.11 Å². The molecule has 0 aliphatic carbocycles. The summed E-state index contributed by atoms with van der Waals surface area (Å²) in [4.78, 5) is 14.9. The third-order valence-corrected chi connectivity index (χ3v) is 2.70. The number of aromatic hydroxyl groups is 1. The fraction of sp³-hybridized carbons (Fsp3) is 0. The summed E-state index contributed by atoms with van der Waals surface area (Å²) in [5.41, 5.74) is 4.70. The zero-order valence-electron chi connectivity index (χ0n) is 10.1. The van der Waals surface area contributed by atoms with Crippen LogP contribution < -0.4 is 5.43 Å². The van der Waals surface area contributed by atoms with Crippen LogP contribution in [0.5, 0.6) is 5.75 Å². The molecule has 0 bridgehead atoms. The number of H-pyrrole nitrogens is 1. The van der Waals surface area contributed by atoms with E-state index in [9.17, 15) is 5.11 Å². The van der Waals surface area contributed by atoms with Crippen molar-refractivity contribution in [1.82, 2.24) is 19.9 Å². The van der Waals surface area contributed by atoms with Gasteiger partial charge in [0.25, 0.3) is 0 Å². The van der Waals surface area contributed by atoms with Gasteiger partial charge in [0.2, 0.25) is 5.28 Å². The van der Waals surface area contributed by atoms with E-state index in [0.717, 1.165) is 5.56 Å². The summed E-state index contributed by atoms with van der Waals surface area (Å²) in [6.07, 6.45) is 3.10. The molecule has 0 amide bonds. The Balaban J connectivity index is 1.83. The largest absolute Gasteiger partial charge is 0.508 e. The highest BCUT2D eigenvalue weighted by Gasteiger charge is 2.07. The first-order valence-electron chi connectivity index (χ1n) is 5.67. The Hall–Kier alpha value is -2.67. The summed E-state index contributed by atoms with van der Waals surface area (Å²) in [6.45, 7) is 0. The number of aromatic amines is 1. The number of nitrogens with one attached hydrogen (secondary N) is 2. The molecule has 100 valence electrons. The Bertz CT molecular complexity index is 767. The SMILES string of the molecule is Oc1ccc(/C=N/Nc2nc(Cl)nc3nc[nH]c23)cc1. The zero-order valence-corrected chi connectivity index (χ0v) is 10.8. The number of rotatable bonds is 3. The van der Waals surface area contributed by atoms with Gasteiger partial charge in [-0.05, 0) is 41.4 Å². The molecule has 2 heterocycles. The number of anilines is 1. The maximum Gasteiger partial charge on any atom is 0.226 e. The molecular formula is C12H9ClN6O. The van der Waals surface area contributed by atoms with Crippen molar-refractivity contribution in [2.75, 3.05) is 5.43 Å². The summed E-state index contributed by atoms with van der Waals surface area (Å²) in [5.74, 6) is 0.643. The van der Waals surface area contributed by atoms with E-state index >= 15 is 0 Å². The number of fused-ring (bicyclic) bond motifs is 1. The van der Waals surface area contributed by atoms with Crippen LogP contribution in [0.4, 0.5) is 5.82 Å². The van der Waals surface area contributed by atoms with E-state index in [1.807, 2.05) is 0 Å². The molecule has 3 aromatic rings. The molecule has 0 unspecified atom stereocenters. The summed E-state index contributed by atoms with van der Waals surface area (Å²) < 4.78 is 0. The molecule has 0 aliphatic heterocycles. The van der Waals surface area contributed by atoms with Gasteiger partial charge in [-0.3, -0.25) is 5.43 Å². The quantitative estimate of drug-likeness (QED) is 0.390.